The minimum absolute atomic E-state index is 0.0445. The van der Waals surface area contributed by atoms with Crippen molar-refractivity contribution in [1.82, 2.24) is 0 Å². The smallest absolute Gasteiger partial charge is 0.243 e. The fourth-order valence-electron chi connectivity index (χ4n) is 3.17. The summed E-state index contributed by atoms with van der Waals surface area (Å²) in [6, 6.07) is 27.9. The lowest BCUT2D eigenvalue weighted by Crippen LogP contribution is -2.33. The van der Waals surface area contributed by atoms with Crippen LogP contribution in [0.2, 0.25) is 0 Å². The molecule has 1 amide bonds. The van der Waals surface area contributed by atoms with Gasteiger partial charge in [0.2, 0.25) is 5.91 Å². The molecule has 0 aromatic heterocycles. The van der Waals surface area contributed by atoms with Gasteiger partial charge in [0.25, 0.3) is 0 Å². The summed E-state index contributed by atoms with van der Waals surface area (Å²) in [6.07, 6.45) is 1.94. The lowest BCUT2D eigenvalue weighted by molar-refractivity contribution is -0.115. The van der Waals surface area contributed by atoms with E-state index in [-0.39, 0.29) is 5.91 Å². The topological polar surface area (TPSA) is 41.6 Å². The highest BCUT2D eigenvalue weighted by molar-refractivity contribution is 5.94. The molecule has 0 aliphatic heterocycles. The zero-order valence-electron chi connectivity index (χ0n) is 16.9. The van der Waals surface area contributed by atoms with Crippen LogP contribution in [0.5, 0.6) is 5.75 Å². The zero-order valence-corrected chi connectivity index (χ0v) is 16.9. The van der Waals surface area contributed by atoms with Crippen molar-refractivity contribution in [3.05, 3.63) is 90.5 Å². The maximum Gasteiger partial charge on any atom is 0.243 e. The first-order chi connectivity index (χ1) is 14.2. The standard InChI is InChI=1S/C25H28N2O2/c1-2-27(23-15-7-4-8-16-23)20-25(28)26-22-14-9-17-24(19-22)29-18-10-13-21-11-5-3-6-12-21/h3-9,11-12,14-17,19H,2,10,13,18,20H2,1H3,(H,26,28). The van der Waals surface area contributed by atoms with Crippen molar-refractivity contribution < 1.29 is 9.53 Å². The summed E-state index contributed by atoms with van der Waals surface area (Å²) in [5.41, 5.74) is 3.11. The van der Waals surface area contributed by atoms with Gasteiger partial charge in [-0.25, -0.2) is 0 Å². The van der Waals surface area contributed by atoms with Crippen LogP contribution in [0.4, 0.5) is 11.4 Å². The highest BCUT2D eigenvalue weighted by atomic mass is 16.5. The lowest BCUT2D eigenvalue weighted by Gasteiger charge is -2.22. The molecule has 0 fully saturated rings. The van der Waals surface area contributed by atoms with E-state index >= 15 is 0 Å². The fraction of sp³-hybridized carbons (Fsp3) is 0.240. The SMILES string of the molecule is CCN(CC(=O)Nc1cccc(OCCCc2ccccc2)c1)c1ccccc1. The second-order valence-electron chi connectivity index (χ2n) is 6.86. The van der Waals surface area contributed by atoms with Gasteiger partial charge in [0.15, 0.2) is 0 Å². The first-order valence-corrected chi connectivity index (χ1v) is 10.1. The molecule has 0 radical (unpaired) electrons. The van der Waals surface area contributed by atoms with Crippen LogP contribution in [0, 0.1) is 0 Å². The highest BCUT2D eigenvalue weighted by Gasteiger charge is 2.10. The molecule has 3 aromatic carbocycles. The number of benzene rings is 3. The van der Waals surface area contributed by atoms with Crippen LogP contribution in [0.1, 0.15) is 18.9 Å². The molecular weight excluding hydrogens is 360 g/mol. The number of nitrogens with zero attached hydrogens (tertiary/aromatic N) is 1. The number of hydrogen-bond acceptors (Lipinski definition) is 3. The highest BCUT2D eigenvalue weighted by Crippen LogP contribution is 2.18. The summed E-state index contributed by atoms with van der Waals surface area (Å²) >= 11 is 0. The predicted octanol–water partition coefficient (Wildman–Crippen LogP) is 5.16. The fourth-order valence-corrected chi connectivity index (χ4v) is 3.17. The first-order valence-electron chi connectivity index (χ1n) is 10.1. The molecule has 150 valence electrons. The molecule has 29 heavy (non-hydrogen) atoms. The lowest BCUT2D eigenvalue weighted by atomic mass is 10.1. The third-order valence-electron chi connectivity index (χ3n) is 4.68. The Bertz CT molecular complexity index is 882. The molecule has 3 aromatic rings. The number of carbonyl (C=O) groups is 1. The number of carbonyl (C=O) groups excluding carboxylic acids is 1. The number of amides is 1. The molecule has 0 unspecified atom stereocenters. The second-order valence-corrected chi connectivity index (χ2v) is 6.86. The van der Waals surface area contributed by atoms with Crippen molar-refractivity contribution in [2.45, 2.75) is 19.8 Å². The predicted molar refractivity (Wildman–Crippen MR) is 120 cm³/mol. The Labute approximate surface area is 173 Å². The Morgan fingerprint density at radius 2 is 1.66 bits per heavy atom. The molecule has 0 bridgehead atoms. The van der Waals surface area contributed by atoms with E-state index in [0.717, 1.165) is 36.5 Å². The summed E-state index contributed by atoms with van der Waals surface area (Å²) in [7, 11) is 0. The molecular formula is C25H28N2O2. The summed E-state index contributed by atoms with van der Waals surface area (Å²) < 4.78 is 5.86. The molecule has 4 heteroatoms. The van der Waals surface area contributed by atoms with Gasteiger partial charge in [0, 0.05) is 24.0 Å². The van der Waals surface area contributed by atoms with Crippen LogP contribution in [-0.4, -0.2) is 25.6 Å². The van der Waals surface area contributed by atoms with Crippen molar-refractivity contribution in [3.63, 3.8) is 0 Å². The van der Waals surface area contributed by atoms with Crippen LogP contribution < -0.4 is 15.0 Å². The van der Waals surface area contributed by atoms with E-state index in [1.54, 1.807) is 0 Å². The van der Waals surface area contributed by atoms with E-state index < -0.39 is 0 Å². The van der Waals surface area contributed by atoms with Crippen molar-refractivity contribution in [2.24, 2.45) is 0 Å². The van der Waals surface area contributed by atoms with E-state index in [1.807, 2.05) is 72.5 Å². The van der Waals surface area contributed by atoms with Gasteiger partial charge in [-0.2, -0.15) is 0 Å². The Morgan fingerprint density at radius 3 is 2.38 bits per heavy atom. The average molecular weight is 389 g/mol. The van der Waals surface area contributed by atoms with E-state index in [1.165, 1.54) is 5.56 Å². The van der Waals surface area contributed by atoms with E-state index in [0.29, 0.717) is 13.2 Å². The van der Waals surface area contributed by atoms with Gasteiger partial charge in [-0.15, -0.1) is 0 Å². The number of rotatable bonds is 10. The molecule has 0 saturated heterocycles. The summed E-state index contributed by atoms with van der Waals surface area (Å²) in [4.78, 5) is 14.5. The van der Waals surface area contributed by atoms with E-state index in [4.69, 9.17) is 4.74 Å². The number of hydrogen-bond donors (Lipinski definition) is 1. The van der Waals surface area contributed by atoms with Crippen LogP contribution >= 0.6 is 0 Å². The molecule has 0 heterocycles. The number of nitrogens with one attached hydrogen (secondary N) is 1. The number of likely N-dealkylation sites (N-methyl/N-ethyl adjacent to an activating group) is 1. The number of aryl methyl sites for hydroxylation is 1. The average Bonchev–Trinajstić information content (AvgIpc) is 2.77. The van der Waals surface area contributed by atoms with Gasteiger partial charge >= 0.3 is 0 Å². The van der Waals surface area contributed by atoms with Gasteiger partial charge in [0.05, 0.1) is 13.2 Å². The van der Waals surface area contributed by atoms with Gasteiger partial charge in [0.1, 0.15) is 5.75 Å². The van der Waals surface area contributed by atoms with Crippen molar-refractivity contribution in [3.8, 4) is 5.75 Å². The maximum atomic E-state index is 12.5. The normalized spacial score (nSPS) is 10.4. The van der Waals surface area contributed by atoms with Gasteiger partial charge in [-0.05, 0) is 49.6 Å². The Morgan fingerprint density at radius 1 is 0.931 bits per heavy atom. The van der Waals surface area contributed by atoms with Gasteiger partial charge in [-0.1, -0.05) is 54.6 Å². The maximum absolute atomic E-state index is 12.5. The Hall–Kier alpha value is -3.27. The van der Waals surface area contributed by atoms with Crippen LogP contribution in [0.3, 0.4) is 0 Å². The van der Waals surface area contributed by atoms with Gasteiger partial charge in [-0.3, -0.25) is 4.79 Å². The molecule has 3 rings (SSSR count). The quantitative estimate of drug-likeness (QED) is 0.488. The van der Waals surface area contributed by atoms with Crippen LogP contribution in [0.25, 0.3) is 0 Å². The number of anilines is 2. The molecule has 0 atom stereocenters. The molecule has 0 spiro atoms. The monoisotopic (exact) mass is 388 g/mol. The van der Waals surface area contributed by atoms with Crippen molar-refractivity contribution in [2.75, 3.05) is 29.9 Å². The van der Waals surface area contributed by atoms with E-state index in [2.05, 4.69) is 29.6 Å². The Balaban J connectivity index is 1.48. The molecule has 1 N–H and O–H groups in total. The molecule has 0 saturated carbocycles. The third-order valence-corrected chi connectivity index (χ3v) is 4.68. The molecule has 4 nitrogen and oxygen atoms in total. The van der Waals surface area contributed by atoms with Crippen LogP contribution in [-0.2, 0) is 11.2 Å². The van der Waals surface area contributed by atoms with Crippen molar-refractivity contribution in [1.29, 1.82) is 0 Å². The molecule has 0 aliphatic carbocycles. The summed E-state index contributed by atoms with van der Waals surface area (Å²) in [6.45, 7) is 3.76. The largest absolute Gasteiger partial charge is 0.494 e. The van der Waals surface area contributed by atoms with Crippen molar-refractivity contribution >= 4 is 17.3 Å². The third kappa shape index (κ3) is 6.68. The Kier molecular flexibility index (Phi) is 7.70. The molecule has 0 aliphatic rings. The summed E-state index contributed by atoms with van der Waals surface area (Å²) in [5, 5.41) is 2.97. The number of ether oxygens (including phenoxy) is 1. The first kappa shape index (κ1) is 20.5. The van der Waals surface area contributed by atoms with E-state index in [9.17, 15) is 4.79 Å². The minimum Gasteiger partial charge on any atom is -0.494 e. The summed E-state index contributed by atoms with van der Waals surface area (Å²) in [5.74, 6) is 0.725. The number of para-hydroxylation sites is 1. The zero-order chi connectivity index (χ0) is 20.3. The minimum atomic E-state index is -0.0445. The van der Waals surface area contributed by atoms with Crippen LogP contribution in [0.15, 0.2) is 84.9 Å². The van der Waals surface area contributed by atoms with Gasteiger partial charge < -0.3 is 15.0 Å². The second kappa shape index (κ2) is 10.9.